The van der Waals surface area contributed by atoms with E-state index in [0.29, 0.717) is 6.42 Å². The Labute approximate surface area is 125 Å². The summed E-state index contributed by atoms with van der Waals surface area (Å²) in [5.74, 6) is -0.147. The maximum atomic E-state index is 11.3. The van der Waals surface area contributed by atoms with Gasteiger partial charge in [-0.05, 0) is 19.1 Å². The zero-order chi connectivity index (χ0) is 14.5. The predicted molar refractivity (Wildman–Crippen MR) is 81.3 cm³/mol. The van der Waals surface area contributed by atoms with Gasteiger partial charge in [0, 0.05) is 32.2 Å². The number of benzene rings is 1. The highest BCUT2D eigenvalue weighted by atomic mass is 35.5. The van der Waals surface area contributed by atoms with E-state index in [-0.39, 0.29) is 12.0 Å². The van der Waals surface area contributed by atoms with Crippen molar-refractivity contribution >= 4 is 23.3 Å². The second-order valence-corrected chi connectivity index (χ2v) is 5.51. The van der Waals surface area contributed by atoms with Gasteiger partial charge in [-0.2, -0.15) is 0 Å². The van der Waals surface area contributed by atoms with Crippen molar-refractivity contribution in [1.29, 1.82) is 0 Å². The number of piperazine rings is 1. The molecule has 1 aromatic carbocycles. The van der Waals surface area contributed by atoms with Crippen LogP contribution in [-0.4, -0.2) is 50.2 Å². The Balaban J connectivity index is 1.89. The number of rotatable bonds is 4. The molecule has 0 aliphatic carbocycles. The van der Waals surface area contributed by atoms with E-state index in [1.165, 1.54) is 7.11 Å². The van der Waals surface area contributed by atoms with E-state index < -0.39 is 0 Å². The maximum absolute atomic E-state index is 11.3. The number of methoxy groups -OCH3 is 1. The third kappa shape index (κ3) is 3.64. The lowest BCUT2D eigenvalue weighted by molar-refractivity contribution is -0.141. The highest BCUT2D eigenvalue weighted by Gasteiger charge is 2.23. The van der Waals surface area contributed by atoms with Crippen LogP contribution in [0, 0.1) is 0 Å². The van der Waals surface area contributed by atoms with Gasteiger partial charge in [-0.15, -0.1) is 0 Å². The molecule has 1 aliphatic heterocycles. The van der Waals surface area contributed by atoms with Crippen molar-refractivity contribution in [3.63, 3.8) is 0 Å². The minimum absolute atomic E-state index is 0.147. The molecule has 0 aromatic heterocycles. The minimum atomic E-state index is -0.147. The van der Waals surface area contributed by atoms with Gasteiger partial charge in [0.2, 0.25) is 0 Å². The van der Waals surface area contributed by atoms with Crippen molar-refractivity contribution in [3.05, 3.63) is 29.3 Å². The van der Waals surface area contributed by atoms with Gasteiger partial charge in [0.25, 0.3) is 0 Å². The molecule has 4 nitrogen and oxygen atoms in total. The molecule has 1 aliphatic rings. The van der Waals surface area contributed by atoms with Crippen molar-refractivity contribution in [3.8, 4) is 0 Å². The molecular formula is C15H21ClN2O2. The number of para-hydroxylation sites is 1. The lowest BCUT2D eigenvalue weighted by Crippen LogP contribution is -2.50. The van der Waals surface area contributed by atoms with E-state index in [0.717, 1.165) is 36.9 Å². The molecule has 2 rings (SSSR count). The SMILES string of the molecule is COC(=O)CC(C)N1CCN(c2ccccc2Cl)CC1. The summed E-state index contributed by atoms with van der Waals surface area (Å²) in [4.78, 5) is 15.9. The summed E-state index contributed by atoms with van der Waals surface area (Å²) < 4.78 is 4.72. The molecule has 1 aromatic rings. The molecule has 110 valence electrons. The van der Waals surface area contributed by atoms with Gasteiger partial charge >= 0.3 is 5.97 Å². The molecular weight excluding hydrogens is 276 g/mol. The van der Waals surface area contributed by atoms with Crippen LogP contribution in [0.4, 0.5) is 5.69 Å². The Hall–Kier alpha value is -1.26. The zero-order valence-electron chi connectivity index (χ0n) is 12.0. The number of anilines is 1. The van der Waals surface area contributed by atoms with Crippen molar-refractivity contribution in [2.75, 3.05) is 38.2 Å². The minimum Gasteiger partial charge on any atom is -0.469 e. The number of carbonyl (C=O) groups is 1. The van der Waals surface area contributed by atoms with E-state index in [4.69, 9.17) is 16.3 Å². The van der Waals surface area contributed by atoms with Crippen LogP contribution in [-0.2, 0) is 9.53 Å². The van der Waals surface area contributed by atoms with Gasteiger partial charge in [0.15, 0.2) is 0 Å². The first-order valence-electron chi connectivity index (χ1n) is 6.92. The van der Waals surface area contributed by atoms with Crippen LogP contribution in [0.1, 0.15) is 13.3 Å². The molecule has 1 fully saturated rings. The molecule has 1 heterocycles. The van der Waals surface area contributed by atoms with Crippen molar-refractivity contribution in [1.82, 2.24) is 4.90 Å². The van der Waals surface area contributed by atoms with Crippen LogP contribution in [0.15, 0.2) is 24.3 Å². The van der Waals surface area contributed by atoms with Crippen molar-refractivity contribution in [2.45, 2.75) is 19.4 Å². The van der Waals surface area contributed by atoms with Gasteiger partial charge in [0.1, 0.15) is 0 Å². The van der Waals surface area contributed by atoms with E-state index in [1.54, 1.807) is 0 Å². The predicted octanol–water partition coefficient (Wildman–Crippen LogP) is 2.41. The molecule has 0 radical (unpaired) electrons. The lowest BCUT2D eigenvalue weighted by atomic mass is 10.1. The number of hydrogen-bond acceptors (Lipinski definition) is 4. The smallest absolute Gasteiger partial charge is 0.307 e. The van der Waals surface area contributed by atoms with Crippen LogP contribution in [0.5, 0.6) is 0 Å². The van der Waals surface area contributed by atoms with E-state index in [9.17, 15) is 4.79 Å². The monoisotopic (exact) mass is 296 g/mol. The van der Waals surface area contributed by atoms with Gasteiger partial charge in [-0.25, -0.2) is 0 Å². The number of esters is 1. The fourth-order valence-electron chi connectivity index (χ4n) is 2.57. The molecule has 0 saturated carbocycles. The van der Waals surface area contributed by atoms with E-state index in [2.05, 4.69) is 22.8 Å². The molecule has 0 amide bonds. The summed E-state index contributed by atoms with van der Waals surface area (Å²) in [6, 6.07) is 8.14. The summed E-state index contributed by atoms with van der Waals surface area (Å²) >= 11 is 6.23. The topological polar surface area (TPSA) is 32.8 Å². The largest absolute Gasteiger partial charge is 0.469 e. The Morgan fingerprint density at radius 1 is 1.30 bits per heavy atom. The molecule has 0 spiro atoms. The highest BCUT2D eigenvalue weighted by Crippen LogP contribution is 2.26. The Bertz CT molecular complexity index is 459. The average molecular weight is 297 g/mol. The van der Waals surface area contributed by atoms with Gasteiger partial charge in [0.05, 0.1) is 24.2 Å². The average Bonchev–Trinajstić information content (AvgIpc) is 2.47. The first-order chi connectivity index (χ1) is 9.61. The van der Waals surface area contributed by atoms with Crippen LogP contribution in [0.25, 0.3) is 0 Å². The molecule has 1 unspecified atom stereocenters. The normalized spacial score (nSPS) is 17.9. The lowest BCUT2D eigenvalue weighted by Gasteiger charge is -2.39. The number of nitrogens with zero attached hydrogens (tertiary/aromatic N) is 2. The summed E-state index contributed by atoms with van der Waals surface area (Å²) in [5.41, 5.74) is 1.09. The number of hydrogen-bond donors (Lipinski definition) is 0. The Morgan fingerprint density at radius 2 is 1.95 bits per heavy atom. The third-order valence-corrected chi connectivity index (χ3v) is 4.14. The first-order valence-corrected chi connectivity index (χ1v) is 7.30. The number of carbonyl (C=O) groups excluding carboxylic acids is 1. The second-order valence-electron chi connectivity index (χ2n) is 5.10. The fraction of sp³-hybridized carbons (Fsp3) is 0.533. The highest BCUT2D eigenvalue weighted by molar-refractivity contribution is 6.33. The summed E-state index contributed by atoms with van der Waals surface area (Å²) in [7, 11) is 1.43. The van der Waals surface area contributed by atoms with Gasteiger partial charge in [-0.3, -0.25) is 9.69 Å². The third-order valence-electron chi connectivity index (χ3n) is 3.82. The first kappa shape index (κ1) is 15.1. The van der Waals surface area contributed by atoms with Crippen LogP contribution in [0.2, 0.25) is 5.02 Å². The molecule has 5 heteroatoms. The standard InChI is InChI=1S/C15H21ClN2O2/c1-12(11-15(19)20-2)17-7-9-18(10-8-17)14-6-4-3-5-13(14)16/h3-6,12H,7-11H2,1-2H3. The number of ether oxygens (including phenoxy) is 1. The van der Waals surface area contributed by atoms with E-state index in [1.807, 2.05) is 18.2 Å². The van der Waals surface area contributed by atoms with Crippen LogP contribution < -0.4 is 4.90 Å². The van der Waals surface area contributed by atoms with E-state index >= 15 is 0 Å². The van der Waals surface area contributed by atoms with Gasteiger partial charge < -0.3 is 9.64 Å². The van der Waals surface area contributed by atoms with Crippen molar-refractivity contribution in [2.24, 2.45) is 0 Å². The fourth-order valence-corrected chi connectivity index (χ4v) is 2.82. The number of halogens is 1. The summed E-state index contributed by atoms with van der Waals surface area (Å²) in [6.45, 7) is 5.79. The summed E-state index contributed by atoms with van der Waals surface area (Å²) in [5, 5.41) is 0.795. The van der Waals surface area contributed by atoms with Gasteiger partial charge in [-0.1, -0.05) is 23.7 Å². The quantitative estimate of drug-likeness (QED) is 0.799. The molecule has 20 heavy (non-hydrogen) atoms. The molecule has 0 bridgehead atoms. The van der Waals surface area contributed by atoms with Crippen LogP contribution in [0.3, 0.4) is 0 Å². The van der Waals surface area contributed by atoms with Crippen LogP contribution >= 0.6 is 11.6 Å². The molecule has 1 atom stereocenters. The Morgan fingerprint density at radius 3 is 2.55 bits per heavy atom. The molecule has 0 N–H and O–H groups in total. The second kappa shape index (κ2) is 6.95. The summed E-state index contributed by atoms with van der Waals surface area (Å²) in [6.07, 6.45) is 0.447. The molecule has 1 saturated heterocycles. The maximum Gasteiger partial charge on any atom is 0.307 e. The Kier molecular flexibility index (Phi) is 5.26. The zero-order valence-corrected chi connectivity index (χ0v) is 12.8. The van der Waals surface area contributed by atoms with Crippen molar-refractivity contribution < 1.29 is 9.53 Å².